The first-order valence-electron chi connectivity index (χ1n) is 4.71. The molecule has 16 heavy (non-hydrogen) atoms. The van der Waals surface area contributed by atoms with Crippen LogP contribution >= 0.6 is 0 Å². The zero-order valence-electron chi connectivity index (χ0n) is 9.51. The molecule has 1 aromatic carbocycles. The molecule has 0 heterocycles. The largest absolute Gasteiger partial charge is 0.497 e. The van der Waals surface area contributed by atoms with E-state index >= 15 is 0 Å². The first-order chi connectivity index (χ1) is 7.54. The molecule has 0 atom stereocenters. The summed E-state index contributed by atoms with van der Waals surface area (Å²) in [7, 11) is 5.23. The van der Waals surface area contributed by atoms with Gasteiger partial charge in [-0.2, -0.15) is 0 Å². The average Bonchev–Trinajstić information content (AvgIpc) is 2.25. The van der Waals surface area contributed by atoms with Gasteiger partial charge < -0.3 is 9.64 Å². The minimum atomic E-state index is -0.408. The van der Waals surface area contributed by atoms with Gasteiger partial charge in [0.15, 0.2) is 0 Å². The summed E-state index contributed by atoms with van der Waals surface area (Å²) in [6.45, 7) is 0. The van der Waals surface area contributed by atoms with Crippen molar-refractivity contribution in [2.24, 2.45) is 0 Å². The summed E-state index contributed by atoms with van der Waals surface area (Å²) >= 11 is 0. The van der Waals surface area contributed by atoms with E-state index in [1.165, 1.54) is 13.2 Å². The summed E-state index contributed by atoms with van der Waals surface area (Å²) in [4.78, 5) is 12.2. The molecule has 1 aromatic rings. The van der Waals surface area contributed by atoms with Crippen LogP contribution in [0.15, 0.2) is 24.4 Å². The lowest BCUT2D eigenvalue weighted by Gasteiger charge is -2.05. The molecule has 5 heteroatoms. The Balaban J connectivity index is 3.15. The van der Waals surface area contributed by atoms with Crippen molar-refractivity contribution in [2.45, 2.75) is 0 Å². The molecule has 0 bridgehead atoms. The average molecular weight is 222 g/mol. The van der Waals surface area contributed by atoms with Crippen molar-refractivity contribution >= 4 is 11.8 Å². The number of hydrogen-bond donors (Lipinski definition) is 0. The quantitative estimate of drug-likeness (QED) is 0.578. The Hall–Kier alpha value is -2.04. The second kappa shape index (κ2) is 5.16. The van der Waals surface area contributed by atoms with Gasteiger partial charge in [-0.25, -0.2) is 0 Å². The van der Waals surface area contributed by atoms with E-state index in [0.29, 0.717) is 11.3 Å². The molecule has 5 nitrogen and oxygen atoms in total. The molecule has 0 amide bonds. The minimum absolute atomic E-state index is 0.0684. The molecule has 0 spiro atoms. The summed E-state index contributed by atoms with van der Waals surface area (Å²) in [5.74, 6) is 0.601. The van der Waals surface area contributed by atoms with Crippen molar-refractivity contribution in [3.63, 3.8) is 0 Å². The molecule has 0 unspecified atom stereocenters. The van der Waals surface area contributed by atoms with E-state index in [0.717, 1.165) is 0 Å². The number of rotatable bonds is 4. The van der Waals surface area contributed by atoms with Crippen molar-refractivity contribution in [3.05, 3.63) is 40.1 Å². The minimum Gasteiger partial charge on any atom is -0.497 e. The van der Waals surface area contributed by atoms with E-state index in [4.69, 9.17) is 4.74 Å². The van der Waals surface area contributed by atoms with Crippen molar-refractivity contribution < 1.29 is 9.66 Å². The van der Waals surface area contributed by atoms with Crippen LogP contribution in [0, 0.1) is 10.1 Å². The number of nitro benzene ring substituents is 1. The molecule has 0 fully saturated rings. The lowest BCUT2D eigenvalue weighted by molar-refractivity contribution is -0.385. The second-order valence-corrected chi connectivity index (χ2v) is 3.46. The lowest BCUT2D eigenvalue weighted by atomic mass is 10.1. The fourth-order valence-electron chi connectivity index (χ4n) is 1.19. The lowest BCUT2D eigenvalue weighted by Crippen LogP contribution is -2.00. The molecule has 0 N–H and O–H groups in total. The highest BCUT2D eigenvalue weighted by molar-refractivity contribution is 5.62. The number of nitrogens with zero attached hydrogens (tertiary/aromatic N) is 2. The van der Waals surface area contributed by atoms with Crippen LogP contribution in [0.3, 0.4) is 0 Å². The van der Waals surface area contributed by atoms with Crippen LogP contribution in [-0.2, 0) is 0 Å². The number of methoxy groups -OCH3 is 1. The van der Waals surface area contributed by atoms with Gasteiger partial charge in [-0.05, 0) is 24.4 Å². The Morgan fingerprint density at radius 3 is 2.62 bits per heavy atom. The van der Waals surface area contributed by atoms with Gasteiger partial charge in [0.2, 0.25) is 0 Å². The third kappa shape index (κ3) is 2.98. The van der Waals surface area contributed by atoms with Crippen LogP contribution in [-0.4, -0.2) is 31.0 Å². The highest BCUT2D eigenvalue weighted by atomic mass is 16.6. The molecule has 0 aliphatic rings. The Morgan fingerprint density at radius 1 is 1.44 bits per heavy atom. The standard InChI is InChI=1S/C11H14N2O3/c1-12(2)7-6-9-8-10(16-3)4-5-11(9)13(14)15/h4-8H,1-3H3. The zero-order valence-corrected chi connectivity index (χ0v) is 9.51. The van der Waals surface area contributed by atoms with E-state index < -0.39 is 4.92 Å². The molecule has 0 aliphatic carbocycles. The van der Waals surface area contributed by atoms with Crippen LogP contribution in [0.5, 0.6) is 5.75 Å². The fourth-order valence-corrected chi connectivity index (χ4v) is 1.19. The van der Waals surface area contributed by atoms with E-state index in [-0.39, 0.29) is 5.69 Å². The van der Waals surface area contributed by atoms with Crippen LogP contribution in [0.2, 0.25) is 0 Å². The SMILES string of the molecule is COc1ccc([N+](=O)[O-])c(C=CN(C)C)c1. The maximum absolute atomic E-state index is 10.8. The third-order valence-electron chi connectivity index (χ3n) is 1.98. The topological polar surface area (TPSA) is 55.6 Å². The molecule has 86 valence electrons. The van der Waals surface area contributed by atoms with Crippen molar-refractivity contribution in [1.82, 2.24) is 4.90 Å². The van der Waals surface area contributed by atoms with E-state index in [9.17, 15) is 10.1 Å². The molecule has 0 aliphatic heterocycles. The molecule has 1 rings (SSSR count). The molecular weight excluding hydrogens is 208 g/mol. The molecule has 0 aromatic heterocycles. The van der Waals surface area contributed by atoms with Gasteiger partial charge >= 0.3 is 0 Å². The normalized spacial score (nSPS) is 10.4. The second-order valence-electron chi connectivity index (χ2n) is 3.46. The highest BCUT2D eigenvalue weighted by Crippen LogP contribution is 2.25. The van der Waals surface area contributed by atoms with Crippen LogP contribution in [0.25, 0.3) is 6.08 Å². The smallest absolute Gasteiger partial charge is 0.276 e. The highest BCUT2D eigenvalue weighted by Gasteiger charge is 2.11. The molecule has 0 radical (unpaired) electrons. The summed E-state index contributed by atoms with van der Waals surface area (Å²) in [5, 5.41) is 10.8. The predicted molar refractivity (Wildman–Crippen MR) is 62.4 cm³/mol. The van der Waals surface area contributed by atoms with Gasteiger partial charge in [0.1, 0.15) is 5.75 Å². The Bertz CT molecular complexity index is 414. The first kappa shape index (κ1) is 12.0. The van der Waals surface area contributed by atoms with Gasteiger partial charge in [-0.1, -0.05) is 0 Å². The first-order valence-corrected chi connectivity index (χ1v) is 4.71. The Morgan fingerprint density at radius 2 is 2.12 bits per heavy atom. The Labute approximate surface area is 94.1 Å². The fraction of sp³-hybridized carbons (Fsp3) is 0.273. The van der Waals surface area contributed by atoms with Crippen molar-refractivity contribution in [2.75, 3.05) is 21.2 Å². The van der Waals surface area contributed by atoms with Crippen LogP contribution in [0.4, 0.5) is 5.69 Å². The van der Waals surface area contributed by atoms with Crippen molar-refractivity contribution in [3.8, 4) is 5.75 Å². The molecule has 0 saturated heterocycles. The van der Waals surface area contributed by atoms with Crippen LogP contribution in [0.1, 0.15) is 5.56 Å². The summed E-state index contributed by atoms with van der Waals surface area (Å²) in [5.41, 5.74) is 0.594. The monoisotopic (exact) mass is 222 g/mol. The van der Waals surface area contributed by atoms with Gasteiger partial charge in [0, 0.05) is 20.2 Å². The van der Waals surface area contributed by atoms with Crippen molar-refractivity contribution in [1.29, 1.82) is 0 Å². The van der Waals surface area contributed by atoms with E-state index in [2.05, 4.69) is 0 Å². The summed E-state index contributed by atoms with van der Waals surface area (Å²) in [6, 6.07) is 4.65. The maximum atomic E-state index is 10.8. The third-order valence-corrected chi connectivity index (χ3v) is 1.98. The molecular formula is C11H14N2O3. The number of hydrogen-bond acceptors (Lipinski definition) is 4. The van der Waals surface area contributed by atoms with Gasteiger partial charge in [0.05, 0.1) is 17.6 Å². The summed E-state index contributed by atoms with van der Waals surface area (Å²) < 4.78 is 5.03. The van der Waals surface area contributed by atoms with Gasteiger partial charge in [-0.3, -0.25) is 10.1 Å². The Kier molecular flexibility index (Phi) is 3.88. The predicted octanol–water partition coefficient (Wildman–Crippen LogP) is 2.14. The van der Waals surface area contributed by atoms with E-state index in [1.807, 2.05) is 19.0 Å². The maximum Gasteiger partial charge on any atom is 0.276 e. The van der Waals surface area contributed by atoms with Gasteiger partial charge in [0.25, 0.3) is 5.69 Å². The molecule has 0 saturated carbocycles. The zero-order chi connectivity index (χ0) is 12.1. The number of benzene rings is 1. The van der Waals surface area contributed by atoms with Crippen LogP contribution < -0.4 is 4.74 Å². The summed E-state index contributed by atoms with van der Waals surface area (Å²) in [6.07, 6.45) is 3.43. The van der Waals surface area contributed by atoms with E-state index in [1.54, 1.807) is 24.4 Å². The number of nitro groups is 1. The van der Waals surface area contributed by atoms with Gasteiger partial charge in [-0.15, -0.1) is 0 Å². The number of ether oxygens (including phenoxy) is 1.